The normalized spacial score (nSPS) is 18.5. The predicted molar refractivity (Wildman–Crippen MR) is 100 cm³/mol. The standard InChI is InChI=1S/C21H21N3O/c1-2-4-16(5-3-1)25-17-6-7-19-18(12-17)20(8-10-23-19)24-14-21(15-24)9-11-22-13-21/h1-8,10,12,22H,9,11,13-15H2. The minimum absolute atomic E-state index is 0.480. The molecule has 2 aliphatic heterocycles. The van der Waals surface area contributed by atoms with Crippen LogP contribution in [0, 0.1) is 5.41 Å². The van der Waals surface area contributed by atoms with E-state index < -0.39 is 0 Å². The van der Waals surface area contributed by atoms with E-state index in [0.29, 0.717) is 5.41 Å². The number of ether oxygens (including phenoxy) is 1. The van der Waals surface area contributed by atoms with E-state index in [9.17, 15) is 0 Å². The lowest BCUT2D eigenvalue weighted by molar-refractivity contribution is 0.244. The second-order valence-corrected chi connectivity index (χ2v) is 7.21. The Labute approximate surface area is 147 Å². The predicted octanol–water partition coefficient (Wildman–Crippen LogP) is 3.83. The largest absolute Gasteiger partial charge is 0.457 e. The van der Waals surface area contributed by atoms with Gasteiger partial charge in [-0.3, -0.25) is 4.98 Å². The summed E-state index contributed by atoms with van der Waals surface area (Å²) in [6, 6.07) is 18.2. The van der Waals surface area contributed by atoms with Crippen molar-refractivity contribution in [3.63, 3.8) is 0 Å². The van der Waals surface area contributed by atoms with Crippen LogP contribution in [-0.4, -0.2) is 31.2 Å². The molecule has 1 N–H and O–H groups in total. The van der Waals surface area contributed by atoms with Gasteiger partial charge in [0.15, 0.2) is 0 Å². The molecule has 0 saturated carbocycles. The van der Waals surface area contributed by atoms with Crippen LogP contribution in [0.25, 0.3) is 10.9 Å². The van der Waals surface area contributed by atoms with Crippen LogP contribution in [0.15, 0.2) is 60.8 Å². The molecule has 1 aromatic heterocycles. The molecule has 0 unspecified atom stereocenters. The summed E-state index contributed by atoms with van der Waals surface area (Å²) < 4.78 is 6.01. The molecule has 5 rings (SSSR count). The number of benzene rings is 2. The van der Waals surface area contributed by atoms with Gasteiger partial charge in [-0.15, -0.1) is 0 Å². The minimum Gasteiger partial charge on any atom is -0.457 e. The Morgan fingerprint density at radius 2 is 1.88 bits per heavy atom. The fourth-order valence-electron chi connectivity index (χ4n) is 4.07. The van der Waals surface area contributed by atoms with Crippen molar-refractivity contribution in [2.24, 2.45) is 5.41 Å². The topological polar surface area (TPSA) is 37.4 Å². The van der Waals surface area contributed by atoms with Crippen molar-refractivity contribution in [3.05, 3.63) is 60.8 Å². The van der Waals surface area contributed by atoms with Gasteiger partial charge in [0.25, 0.3) is 0 Å². The maximum Gasteiger partial charge on any atom is 0.128 e. The van der Waals surface area contributed by atoms with Gasteiger partial charge in [-0.2, -0.15) is 0 Å². The number of aromatic nitrogens is 1. The van der Waals surface area contributed by atoms with Gasteiger partial charge in [-0.05, 0) is 49.4 Å². The average molecular weight is 331 g/mol. The number of pyridine rings is 1. The molecule has 25 heavy (non-hydrogen) atoms. The van der Waals surface area contributed by atoms with E-state index in [4.69, 9.17) is 4.74 Å². The molecule has 2 aromatic carbocycles. The van der Waals surface area contributed by atoms with Crippen molar-refractivity contribution >= 4 is 16.6 Å². The molecule has 1 spiro atoms. The number of anilines is 1. The first-order valence-electron chi connectivity index (χ1n) is 8.89. The SMILES string of the molecule is c1ccc(Oc2ccc3nccc(N4CC5(CCNC5)C4)c3c2)cc1. The number of hydrogen-bond donors (Lipinski definition) is 1. The summed E-state index contributed by atoms with van der Waals surface area (Å²) in [6.45, 7) is 4.56. The molecule has 0 atom stereocenters. The molecule has 2 aliphatic rings. The van der Waals surface area contributed by atoms with E-state index in [1.54, 1.807) is 0 Å². The van der Waals surface area contributed by atoms with Crippen molar-refractivity contribution in [3.8, 4) is 11.5 Å². The van der Waals surface area contributed by atoms with Crippen LogP contribution in [0.2, 0.25) is 0 Å². The number of hydrogen-bond acceptors (Lipinski definition) is 4. The van der Waals surface area contributed by atoms with E-state index in [-0.39, 0.29) is 0 Å². The summed E-state index contributed by atoms with van der Waals surface area (Å²) in [4.78, 5) is 7.00. The molecule has 4 heteroatoms. The van der Waals surface area contributed by atoms with E-state index in [1.807, 2.05) is 48.7 Å². The van der Waals surface area contributed by atoms with Crippen LogP contribution < -0.4 is 15.0 Å². The Hall–Kier alpha value is -2.59. The lowest BCUT2D eigenvalue weighted by Gasteiger charge is -2.49. The third kappa shape index (κ3) is 2.63. The summed E-state index contributed by atoms with van der Waals surface area (Å²) in [5, 5.41) is 4.67. The average Bonchev–Trinajstić information content (AvgIpc) is 3.11. The third-order valence-corrected chi connectivity index (χ3v) is 5.39. The monoisotopic (exact) mass is 331 g/mol. The first-order valence-corrected chi connectivity index (χ1v) is 8.89. The highest BCUT2D eigenvalue weighted by Crippen LogP contribution is 2.41. The van der Waals surface area contributed by atoms with Crippen LogP contribution in [0.3, 0.4) is 0 Å². The van der Waals surface area contributed by atoms with Crippen molar-refractivity contribution in [1.82, 2.24) is 10.3 Å². The molecule has 2 fully saturated rings. The molecule has 0 aliphatic carbocycles. The Kier molecular flexibility index (Phi) is 3.38. The van der Waals surface area contributed by atoms with E-state index >= 15 is 0 Å². The fourth-order valence-corrected chi connectivity index (χ4v) is 4.07. The van der Waals surface area contributed by atoms with Crippen LogP contribution in [-0.2, 0) is 0 Å². The van der Waals surface area contributed by atoms with Crippen molar-refractivity contribution in [2.75, 3.05) is 31.1 Å². The molecule has 2 saturated heterocycles. The molecular weight excluding hydrogens is 310 g/mol. The van der Waals surface area contributed by atoms with Gasteiger partial charge in [-0.25, -0.2) is 0 Å². The zero-order valence-corrected chi connectivity index (χ0v) is 14.1. The maximum atomic E-state index is 6.01. The summed E-state index contributed by atoms with van der Waals surface area (Å²) in [7, 11) is 0. The van der Waals surface area contributed by atoms with Crippen LogP contribution >= 0.6 is 0 Å². The zero-order chi connectivity index (χ0) is 16.7. The van der Waals surface area contributed by atoms with Crippen LogP contribution in [0.1, 0.15) is 6.42 Å². The highest BCUT2D eigenvalue weighted by molar-refractivity contribution is 5.93. The highest BCUT2D eigenvalue weighted by Gasteiger charge is 2.45. The quantitative estimate of drug-likeness (QED) is 0.791. The summed E-state index contributed by atoms with van der Waals surface area (Å²) in [5.74, 6) is 1.71. The number of nitrogens with one attached hydrogen (secondary N) is 1. The second-order valence-electron chi connectivity index (χ2n) is 7.21. The Balaban J connectivity index is 1.46. The van der Waals surface area contributed by atoms with Gasteiger partial charge in [0, 0.05) is 42.3 Å². The minimum atomic E-state index is 0.480. The lowest BCUT2D eigenvalue weighted by Crippen LogP contribution is -2.57. The van der Waals surface area contributed by atoms with Crippen LogP contribution in [0.5, 0.6) is 11.5 Å². The molecule has 3 heterocycles. The second kappa shape index (κ2) is 5.74. The maximum absolute atomic E-state index is 6.01. The van der Waals surface area contributed by atoms with Crippen molar-refractivity contribution in [1.29, 1.82) is 0 Å². The van der Waals surface area contributed by atoms with E-state index in [1.165, 1.54) is 12.1 Å². The highest BCUT2D eigenvalue weighted by atomic mass is 16.5. The molecule has 0 radical (unpaired) electrons. The molecule has 126 valence electrons. The smallest absolute Gasteiger partial charge is 0.128 e. The van der Waals surface area contributed by atoms with Crippen LogP contribution in [0.4, 0.5) is 5.69 Å². The van der Waals surface area contributed by atoms with E-state index in [0.717, 1.165) is 48.6 Å². The third-order valence-electron chi connectivity index (χ3n) is 5.39. The lowest BCUT2D eigenvalue weighted by atomic mass is 9.78. The van der Waals surface area contributed by atoms with Gasteiger partial charge in [0.05, 0.1) is 5.52 Å². The first-order chi connectivity index (χ1) is 12.3. The van der Waals surface area contributed by atoms with E-state index in [2.05, 4.69) is 27.3 Å². The first kappa shape index (κ1) is 14.7. The number of fused-ring (bicyclic) bond motifs is 1. The zero-order valence-electron chi connectivity index (χ0n) is 14.1. The van der Waals surface area contributed by atoms with Gasteiger partial charge in [0.2, 0.25) is 0 Å². The van der Waals surface area contributed by atoms with Gasteiger partial charge >= 0.3 is 0 Å². The van der Waals surface area contributed by atoms with Crippen molar-refractivity contribution in [2.45, 2.75) is 6.42 Å². The summed E-state index contributed by atoms with van der Waals surface area (Å²) >= 11 is 0. The Morgan fingerprint density at radius 1 is 1.00 bits per heavy atom. The van der Waals surface area contributed by atoms with Gasteiger partial charge < -0.3 is 15.0 Å². The molecule has 0 amide bonds. The molecule has 4 nitrogen and oxygen atoms in total. The fraction of sp³-hybridized carbons (Fsp3) is 0.286. The number of rotatable bonds is 3. The summed E-state index contributed by atoms with van der Waals surface area (Å²) in [6.07, 6.45) is 3.20. The molecule has 3 aromatic rings. The number of para-hydroxylation sites is 1. The molecular formula is C21H21N3O. The Bertz CT molecular complexity index is 895. The Morgan fingerprint density at radius 3 is 2.68 bits per heavy atom. The van der Waals surface area contributed by atoms with Gasteiger partial charge in [-0.1, -0.05) is 18.2 Å². The number of nitrogens with zero attached hydrogens (tertiary/aromatic N) is 2. The van der Waals surface area contributed by atoms with Gasteiger partial charge in [0.1, 0.15) is 11.5 Å². The summed E-state index contributed by atoms with van der Waals surface area (Å²) in [5.41, 5.74) is 2.76. The van der Waals surface area contributed by atoms with Crippen molar-refractivity contribution < 1.29 is 4.74 Å². The molecule has 0 bridgehead atoms.